The molecule has 0 bridgehead atoms. The second-order valence-corrected chi connectivity index (χ2v) is 8.40. The standard InChI is InChI=1S/C17H19ClN4O3S/c1-10(14-19-15(22-25-14)17(2,3)4)26-16-21-20-13(24-16)9-23-12-7-5-11(18)6-8-12/h5-8,10H,9H2,1-4H3/t10-/m1/s1. The molecule has 2 aromatic heterocycles. The van der Waals surface area contributed by atoms with Crippen LogP contribution in [0.3, 0.4) is 0 Å². The maximum Gasteiger partial charge on any atom is 0.277 e. The summed E-state index contributed by atoms with van der Waals surface area (Å²) in [5.41, 5.74) is -0.164. The van der Waals surface area contributed by atoms with Crippen molar-refractivity contribution in [2.75, 3.05) is 0 Å². The Morgan fingerprint density at radius 2 is 1.92 bits per heavy atom. The van der Waals surface area contributed by atoms with Crippen LogP contribution in [0.2, 0.25) is 5.02 Å². The molecular formula is C17H19ClN4O3S. The Balaban J connectivity index is 1.57. The van der Waals surface area contributed by atoms with Crippen molar-refractivity contribution in [3.8, 4) is 5.75 Å². The van der Waals surface area contributed by atoms with Crippen LogP contribution in [0.25, 0.3) is 0 Å². The van der Waals surface area contributed by atoms with Crippen LogP contribution in [0, 0.1) is 0 Å². The molecule has 0 N–H and O–H groups in total. The highest BCUT2D eigenvalue weighted by Gasteiger charge is 2.24. The number of nitrogens with zero attached hydrogens (tertiary/aromatic N) is 4. The molecule has 0 aliphatic heterocycles. The molecule has 0 radical (unpaired) electrons. The summed E-state index contributed by atoms with van der Waals surface area (Å²) >= 11 is 7.20. The highest BCUT2D eigenvalue weighted by molar-refractivity contribution is 7.99. The predicted octanol–water partition coefficient (Wildman–Crippen LogP) is 4.84. The molecule has 1 atom stereocenters. The third-order valence-electron chi connectivity index (χ3n) is 3.36. The molecule has 7 nitrogen and oxygen atoms in total. The minimum Gasteiger partial charge on any atom is -0.484 e. The molecule has 0 fully saturated rings. The molecule has 0 aliphatic rings. The maximum absolute atomic E-state index is 5.84. The Morgan fingerprint density at radius 3 is 2.58 bits per heavy atom. The smallest absolute Gasteiger partial charge is 0.277 e. The van der Waals surface area contributed by atoms with E-state index < -0.39 is 0 Å². The van der Waals surface area contributed by atoms with E-state index in [4.69, 9.17) is 25.3 Å². The number of aromatic nitrogens is 4. The summed E-state index contributed by atoms with van der Waals surface area (Å²) in [5, 5.41) is 13.0. The number of ether oxygens (including phenoxy) is 1. The Labute approximate surface area is 160 Å². The van der Waals surface area contributed by atoms with E-state index in [1.54, 1.807) is 24.3 Å². The third-order valence-corrected chi connectivity index (χ3v) is 4.54. The molecule has 0 aliphatic carbocycles. The van der Waals surface area contributed by atoms with Crippen molar-refractivity contribution in [3.63, 3.8) is 0 Å². The summed E-state index contributed by atoms with van der Waals surface area (Å²) in [7, 11) is 0. The Hall–Kier alpha value is -2.06. The number of rotatable bonds is 6. The van der Waals surface area contributed by atoms with Gasteiger partial charge in [0.1, 0.15) is 5.75 Å². The SMILES string of the molecule is C[C@@H](Sc1nnc(COc2ccc(Cl)cc2)o1)c1nc(C(C)(C)C)no1. The van der Waals surface area contributed by atoms with Gasteiger partial charge in [0.05, 0.1) is 5.25 Å². The number of hydrogen-bond donors (Lipinski definition) is 0. The zero-order valence-corrected chi connectivity index (χ0v) is 16.5. The predicted molar refractivity (Wildman–Crippen MR) is 97.4 cm³/mol. The molecule has 0 unspecified atom stereocenters. The molecule has 138 valence electrons. The van der Waals surface area contributed by atoms with Gasteiger partial charge < -0.3 is 13.7 Å². The van der Waals surface area contributed by atoms with Gasteiger partial charge >= 0.3 is 0 Å². The number of thioether (sulfide) groups is 1. The van der Waals surface area contributed by atoms with Crippen molar-refractivity contribution in [1.82, 2.24) is 20.3 Å². The summed E-state index contributed by atoms with van der Waals surface area (Å²) in [6.07, 6.45) is 0. The van der Waals surface area contributed by atoms with Gasteiger partial charge in [-0.3, -0.25) is 0 Å². The molecule has 3 rings (SSSR count). The van der Waals surface area contributed by atoms with Crippen molar-refractivity contribution in [2.24, 2.45) is 0 Å². The molecule has 1 aromatic carbocycles. The zero-order valence-electron chi connectivity index (χ0n) is 14.9. The lowest BCUT2D eigenvalue weighted by molar-refractivity contribution is 0.252. The van der Waals surface area contributed by atoms with Gasteiger partial charge in [-0.1, -0.05) is 49.3 Å². The average molecular weight is 395 g/mol. The van der Waals surface area contributed by atoms with E-state index >= 15 is 0 Å². The van der Waals surface area contributed by atoms with Crippen LogP contribution in [-0.2, 0) is 12.0 Å². The maximum atomic E-state index is 5.84. The normalized spacial score (nSPS) is 13.0. The molecule has 9 heteroatoms. The Morgan fingerprint density at radius 1 is 1.19 bits per heavy atom. The van der Waals surface area contributed by atoms with Crippen LogP contribution in [0.5, 0.6) is 5.75 Å². The summed E-state index contributed by atoms with van der Waals surface area (Å²) in [6, 6.07) is 7.06. The fourth-order valence-corrected chi connectivity index (χ4v) is 2.78. The summed E-state index contributed by atoms with van der Waals surface area (Å²) in [6.45, 7) is 8.22. The molecule has 2 heterocycles. The van der Waals surface area contributed by atoms with Gasteiger partial charge in [-0.05, 0) is 31.2 Å². The minimum atomic E-state index is -0.164. The Bertz CT molecular complexity index is 858. The van der Waals surface area contributed by atoms with Crippen LogP contribution in [0.1, 0.15) is 50.6 Å². The van der Waals surface area contributed by atoms with Crippen LogP contribution in [0.4, 0.5) is 0 Å². The van der Waals surface area contributed by atoms with Crippen molar-refractivity contribution in [2.45, 2.75) is 50.2 Å². The average Bonchev–Trinajstić information content (AvgIpc) is 3.23. The van der Waals surface area contributed by atoms with Crippen molar-refractivity contribution in [1.29, 1.82) is 0 Å². The second-order valence-electron chi connectivity index (χ2n) is 6.67. The van der Waals surface area contributed by atoms with Gasteiger partial charge in [0.15, 0.2) is 12.4 Å². The van der Waals surface area contributed by atoms with E-state index in [1.165, 1.54) is 11.8 Å². The number of benzene rings is 1. The van der Waals surface area contributed by atoms with Gasteiger partial charge in [0, 0.05) is 10.4 Å². The quantitative estimate of drug-likeness (QED) is 0.549. The summed E-state index contributed by atoms with van der Waals surface area (Å²) in [5.74, 6) is 2.26. The van der Waals surface area contributed by atoms with E-state index in [0.717, 1.165) is 0 Å². The first kappa shape index (κ1) is 18.7. The van der Waals surface area contributed by atoms with Gasteiger partial charge in [0.25, 0.3) is 11.1 Å². The fourth-order valence-electron chi connectivity index (χ4n) is 1.93. The second kappa shape index (κ2) is 7.67. The van der Waals surface area contributed by atoms with Gasteiger partial charge in [0.2, 0.25) is 5.89 Å². The van der Waals surface area contributed by atoms with Gasteiger partial charge in [-0.2, -0.15) is 4.98 Å². The first-order valence-electron chi connectivity index (χ1n) is 8.03. The molecule has 0 saturated carbocycles. The van der Waals surface area contributed by atoms with E-state index in [2.05, 4.69) is 20.3 Å². The van der Waals surface area contributed by atoms with Crippen molar-refractivity contribution < 1.29 is 13.7 Å². The van der Waals surface area contributed by atoms with Crippen LogP contribution in [-0.4, -0.2) is 20.3 Å². The van der Waals surface area contributed by atoms with E-state index in [-0.39, 0.29) is 17.3 Å². The third kappa shape index (κ3) is 4.76. The summed E-state index contributed by atoms with van der Waals surface area (Å²) < 4.78 is 16.5. The lowest BCUT2D eigenvalue weighted by atomic mass is 9.96. The first-order chi connectivity index (χ1) is 12.3. The van der Waals surface area contributed by atoms with Crippen LogP contribution < -0.4 is 4.74 Å². The van der Waals surface area contributed by atoms with Crippen LogP contribution in [0.15, 0.2) is 38.4 Å². The highest BCUT2D eigenvalue weighted by Crippen LogP contribution is 2.34. The lowest BCUT2D eigenvalue weighted by Crippen LogP contribution is -2.13. The molecule has 0 saturated heterocycles. The summed E-state index contributed by atoms with van der Waals surface area (Å²) in [4.78, 5) is 4.44. The Kier molecular flexibility index (Phi) is 5.52. The van der Waals surface area contributed by atoms with Gasteiger partial charge in [-0.15, -0.1) is 10.2 Å². The molecule has 0 spiro atoms. The van der Waals surface area contributed by atoms with Crippen molar-refractivity contribution in [3.05, 3.63) is 46.9 Å². The highest BCUT2D eigenvalue weighted by atomic mass is 35.5. The monoisotopic (exact) mass is 394 g/mol. The zero-order chi connectivity index (χ0) is 18.7. The molecule has 3 aromatic rings. The lowest BCUT2D eigenvalue weighted by Gasteiger charge is -2.11. The van der Waals surface area contributed by atoms with Crippen molar-refractivity contribution >= 4 is 23.4 Å². The van der Waals surface area contributed by atoms with E-state index in [0.29, 0.717) is 33.6 Å². The molecular weight excluding hydrogens is 376 g/mol. The fraction of sp³-hybridized carbons (Fsp3) is 0.412. The first-order valence-corrected chi connectivity index (χ1v) is 9.28. The largest absolute Gasteiger partial charge is 0.484 e. The molecule has 26 heavy (non-hydrogen) atoms. The number of halogens is 1. The number of hydrogen-bond acceptors (Lipinski definition) is 8. The molecule has 0 amide bonds. The minimum absolute atomic E-state index is 0.107. The topological polar surface area (TPSA) is 87.1 Å². The van der Waals surface area contributed by atoms with Crippen LogP contribution >= 0.6 is 23.4 Å². The van der Waals surface area contributed by atoms with Gasteiger partial charge in [-0.25, -0.2) is 0 Å². The van der Waals surface area contributed by atoms with E-state index in [9.17, 15) is 0 Å². The van der Waals surface area contributed by atoms with E-state index in [1.807, 2.05) is 27.7 Å².